The number of hydrogen-bond donors (Lipinski definition) is 2. The molecule has 66 valence electrons. The fraction of sp³-hybridized carbons (Fsp3) is 0.333. The molecule has 1 aromatic rings. The average Bonchev–Trinajstić information content (AvgIpc) is 2.09. The molecule has 0 heterocycles. The lowest BCUT2D eigenvalue weighted by molar-refractivity contribution is 0.567. The van der Waals surface area contributed by atoms with E-state index in [0.29, 0.717) is 6.04 Å². The van der Waals surface area contributed by atoms with Crippen molar-refractivity contribution in [1.29, 1.82) is 0 Å². The molecular formula is C9H13BrN2. The summed E-state index contributed by atoms with van der Waals surface area (Å²) in [4.78, 5) is 0. The number of hydrogen-bond acceptors (Lipinski definition) is 2. The van der Waals surface area contributed by atoms with Crippen molar-refractivity contribution in [2.24, 2.45) is 5.84 Å². The van der Waals surface area contributed by atoms with Gasteiger partial charge in [0.25, 0.3) is 0 Å². The average molecular weight is 229 g/mol. The normalized spacial score (nSPS) is 12.9. The van der Waals surface area contributed by atoms with Crippen LogP contribution in [0.1, 0.15) is 12.5 Å². The van der Waals surface area contributed by atoms with E-state index in [-0.39, 0.29) is 0 Å². The zero-order valence-electron chi connectivity index (χ0n) is 7.05. The van der Waals surface area contributed by atoms with Crippen molar-refractivity contribution >= 4 is 15.9 Å². The van der Waals surface area contributed by atoms with Crippen molar-refractivity contribution in [1.82, 2.24) is 5.43 Å². The summed E-state index contributed by atoms with van der Waals surface area (Å²) in [7, 11) is 0. The van der Waals surface area contributed by atoms with Crippen LogP contribution < -0.4 is 11.3 Å². The first-order valence-electron chi connectivity index (χ1n) is 3.93. The highest BCUT2D eigenvalue weighted by Crippen LogP contribution is 2.16. The Balaban J connectivity index is 2.69. The molecule has 3 heteroatoms. The highest BCUT2D eigenvalue weighted by atomic mass is 79.9. The predicted octanol–water partition coefficient (Wildman–Crippen LogP) is 1.84. The van der Waals surface area contributed by atoms with Crippen LogP contribution in [0.25, 0.3) is 0 Å². The zero-order valence-corrected chi connectivity index (χ0v) is 8.64. The second-order valence-electron chi connectivity index (χ2n) is 2.86. The number of nitrogens with one attached hydrogen (secondary N) is 1. The van der Waals surface area contributed by atoms with Crippen molar-refractivity contribution in [2.45, 2.75) is 19.4 Å². The Hall–Kier alpha value is -0.380. The van der Waals surface area contributed by atoms with Gasteiger partial charge in [-0.1, -0.05) is 34.1 Å². The van der Waals surface area contributed by atoms with E-state index in [1.54, 1.807) is 0 Å². The third-order valence-electron chi connectivity index (χ3n) is 1.77. The van der Waals surface area contributed by atoms with E-state index < -0.39 is 0 Å². The van der Waals surface area contributed by atoms with Gasteiger partial charge in [0.05, 0.1) is 0 Å². The van der Waals surface area contributed by atoms with E-state index in [1.807, 2.05) is 18.2 Å². The Morgan fingerprint density at radius 3 is 2.75 bits per heavy atom. The standard InChI is InChI=1S/C9H13BrN2/c1-7(12-11)6-8-4-2-3-5-9(8)10/h2-5,7,12H,6,11H2,1H3. The molecule has 0 bridgehead atoms. The molecule has 3 N–H and O–H groups in total. The summed E-state index contributed by atoms with van der Waals surface area (Å²) in [6, 6.07) is 8.48. The fourth-order valence-corrected chi connectivity index (χ4v) is 1.50. The monoisotopic (exact) mass is 228 g/mol. The first-order valence-corrected chi connectivity index (χ1v) is 4.73. The minimum Gasteiger partial charge on any atom is -0.271 e. The van der Waals surface area contributed by atoms with Crippen LogP contribution in [0.3, 0.4) is 0 Å². The fourth-order valence-electron chi connectivity index (χ4n) is 1.05. The molecule has 0 amide bonds. The van der Waals surface area contributed by atoms with Crippen LogP contribution in [0.5, 0.6) is 0 Å². The SMILES string of the molecule is CC(Cc1ccccc1Br)NN. The van der Waals surface area contributed by atoms with Gasteiger partial charge in [-0.3, -0.25) is 11.3 Å². The van der Waals surface area contributed by atoms with Crippen LogP contribution in [0.15, 0.2) is 28.7 Å². The molecule has 0 aliphatic heterocycles. The van der Waals surface area contributed by atoms with Gasteiger partial charge in [0, 0.05) is 10.5 Å². The van der Waals surface area contributed by atoms with Gasteiger partial charge in [-0.05, 0) is 25.0 Å². The Bertz CT molecular complexity index is 250. The lowest BCUT2D eigenvalue weighted by Gasteiger charge is -2.10. The van der Waals surface area contributed by atoms with Gasteiger partial charge >= 0.3 is 0 Å². The summed E-state index contributed by atoms with van der Waals surface area (Å²) in [5, 5.41) is 0. The van der Waals surface area contributed by atoms with Crippen LogP contribution in [-0.2, 0) is 6.42 Å². The molecule has 0 fully saturated rings. The van der Waals surface area contributed by atoms with Crippen LogP contribution in [0.4, 0.5) is 0 Å². The van der Waals surface area contributed by atoms with E-state index in [0.717, 1.165) is 10.9 Å². The maximum Gasteiger partial charge on any atom is 0.0223 e. The van der Waals surface area contributed by atoms with Crippen molar-refractivity contribution in [3.8, 4) is 0 Å². The molecule has 0 saturated carbocycles. The summed E-state index contributed by atoms with van der Waals surface area (Å²) in [5.74, 6) is 5.30. The van der Waals surface area contributed by atoms with Crippen molar-refractivity contribution in [3.05, 3.63) is 34.3 Å². The summed E-state index contributed by atoms with van der Waals surface area (Å²) in [5.41, 5.74) is 4.00. The topological polar surface area (TPSA) is 38.0 Å². The molecule has 0 radical (unpaired) electrons. The second kappa shape index (κ2) is 4.60. The lowest BCUT2D eigenvalue weighted by atomic mass is 10.1. The van der Waals surface area contributed by atoms with Gasteiger partial charge < -0.3 is 0 Å². The van der Waals surface area contributed by atoms with Gasteiger partial charge in [-0.2, -0.15) is 0 Å². The van der Waals surface area contributed by atoms with E-state index in [1.165, 1.54) is 5.56 Å². The molecule has 12 heavy (non-hydrogen) atoms. The van der Waals surface area contributed by atoms with Crippen LogP contribution >= 0.6 is 15.9 Å². The number of hydrazine groups is 1. The second-order valence-corrected chi connectivity index (χ2v) is 3.72. The summed E-state index contributed by atoms with van der Waals surface area (Å²) >= 11 is 3.49. The molecular weight excluding hydrogens is 216 g/mol. The van der Waals surface area contributed by atoms with Gasteiger partial charge in [0.15, 0.2) is 0 Å². The number of rotatable bonds is 3. The molecule has 0 spiro atoms. The van der Waals surface area contributed by atoms with Gasteiger partial charge in [-0.15, -0.1) is 0 Å². The Morgan fingerprint density at radius 2 is 2.17 bits per heavy atom. The first-order chi connectivity index (χ1) is 5.74. The van der Waals surface area contributed by atoms with E-state index in [4.69, 9.17) is 5.84 Å². The molecule has 0 saturated heterocycles. The van der Waals surface area contributed by atoms with Crippen LogP contribution in [0.2, 0.25) is 0 Å². The highest BCUT2D eigenvalue weighted by Gasteiger charge is 2.02. The van der Waals surface area contributed by atoms with Crippen LogP contribution in [0, 0.1) is 0 Å². The van der Waals surface area contributed by atoms with Crippen molar-refractivity contribution in [2.75, 3.05) is 0 Å². The molecule has 0 aliphatic carbocycles. The third-order valence-corrected chi connectivity index (χ3v) is 2.54. The summed E-state index contributed by atoms with van der Waals surface area (Å²) in [6.45, 7) is 2.06. The third kappa shape index (κ3) is 2.59. The number of nitrogens with two attached hydrogens (primary N) is 1. The minimum absolute atomic E-state index is 0.309. The molecule has 1 rings (SSSR count). The highest BCUT2D eigenvalue weighted by molar-refractivity contribution is 9.10. The van der Waals surface area contributed by atoms with Gasteiger partial charge in [0.2, 0.25) is 0 Å². The maximum atomic E-state index is 5.30. The smallest absolute Gasteiger partial charge is 0.0223 e. The quantitative estimate of drug-likeness (QED) is 0.613. The minimum atomic E-state index is 0.309. The Morgan fingerprint density at radius 1 is 1.50 bits per heavy atom. The molecule has 2 nitrogen and oxygen atoms in total. The van der Waals surface area contributed by atoms with Gasteiger partial charge in [0.1, 0.15) is 0 Å². The molecule has 0 aromatic heterocycles. The van der Waals surface area contributed by atoms with Gasteiger partial charge in [-0.25, -0.2) is 0 Å². The van der Waals surface area contributed by atoms with E-state index in [2.05, 4.69) is 34.3 Å². The molecule has 0 aliphatic rings. The van der Waals surface area contributed by atoms with Crippen molar-refractivity contribution in [3.63, 3.8) is 0 Å². The maximum absolute atomic E-state index is 5.30. The summed E-state index contributed by atoms with van der Waals surface area (Å²) < 4.78 is 1.15. The predicted molar refractivity (Wildman–Crippen MR) is 54.6 cm³/mol. The lowest BCUT2D eigenvalue weighted by Crippen LogP contribution is -2.34. The van der Waals surface area contributed by atoms with Crippen molar-refractivity contribution < 1.29 is 0 Å². The van der Waals surface area contributed by atoms with E-state index in [9.17, 15) is 0 Å². The first kappa shape index (κ1) is 9.71. The Kier molecular flexibility index (Phi) is 3.72. The van der Waals surface area contributed by atoms with Crippen LogP contribution in [-0.4, -0.2) is 6.04 Å². The molecule has 1 atom stereocenters. The zero-order chi connectivity index (χ0) is 8.97. The molecule has 1 aromatic carbocycles. The Labute approximate surface area is 81.3 Å². The number of benzene rings is 1. The largest absolute Gasteiger partial charge is 0.271 e. The summed E-state index contributed by atoms with van der Waals surface area (Å²) in [6.07, 6.45) is 0.942. The number of halogens is 1. The van der Waals surface area contributed by atoms with E-state index >= 15 is 0 Å². The molecule has 1 unspecified atom stereocenters.